The van der Waals surface area contributed by atoms with Crippen LogP contribution in [0, 0.1) is 0 Å². The van der Waals surface area contributed by atoms with Gasteiger partial charge in [0, 0.05) is 6.04 Å². The van der Waals surface area contributed by atoms with Crippen molar-refractivity contribution in [1.29, 1.82) is 0 Å². The second-order valence-electron chi connectivity index (χ2n) is 4.53. The molecule has 1 aliphatic rings. The summed E-state index contributed by atoms with van der Waals surface area (Å²) in [6.45, 7) is 2.21. The van der Waals surface area contributed by atoms with Crippen LogP contribution in [0.5, 0.6) is 0 Å². The summed E-state index contributed by atoms with van der Waals surface area (Å²) in [5, 5.41) is 12.1. The average molecular weight is 213 g/mol. The monoisotopic (exact) mass is 213 g/mol. The van der Waals surface area contributed by atoms with Crippen molar-refractivity contribution in [2.75, 3.05) is 0 Å². The molecule has 2 unspecified atom stereocenters. The van der Waals surface area contributed by atoms with Gasteiger partial charge >= 0.3 is 5.97 Å². The number of piperidine rings is 1. The number of unbranched alkanes of at least 4 members (excludes halogenated alkanes) is 3. The zero-order valence-electron chi connectivity index (χ0n) is 9.67. The van der Waals surface area contributed by atoms with E-state index in [1.807, 2.05) is 0 Å². The van der Waals surface area contributed by atoms with Crippen molar-refractivity contribution < 1.29 is 9.90 Å². The van der Waals surface area contributed by atoms with E-state index in [1.54, 1.807) is 0 Å². The molecule has 88 valence electrons. The van der Waals surface area contributed by atoms with Crippen molar-refractivity contribution in [3.63, 3.8) is 0 Å². The second-order valence-corrected chi connectivity index (χ2v) is 4.53. The lowest BCUT2D eigenvalue weighted by atomic mass is 9.95. The lowest BCUT2D eigenvalue weighted by Crippen LogP contribution is -2.46. The smallest absolute Gasteiger partial charge is 0.320 e. The van der Waals surface area contributed by atoms with E-state index in [-0.39, 0.29) is 6.04 Å². The fraction of sp³-hybridized carbons (Fsp3) is 0.917. The molecule has 0 saturated carbocycles. The molecule has 0 aromatic rings. The van der Waals surface area contributed by atoms with Crippen molar-refractivity contribution in [2.45, 2.75) is 70.4 Å². The highest BCUT2D eigenvalue weighted by molar-refractivity contribution is 5.73. The molecular weight excluding hydrogens is 190 g/mol. The summed E-state index contributed by atoms with van der Waals surface area (Å²) in [6.07, 6.45) is 9.22. The highest BCUT2D eigenvalue weighted by Crippen LogP contribution is 2.17. The van der Waals surface area contributed by atoms with Gasteiger partial charge < -0.3 is 10.4 Å². The molecule has 3 heteroatoms. The molecule has 1 rings (SSSR count). The first-order chi connectivity index (χ1) is 7.24. The first-order valence-corrected chi connectivity index (χ1v) is 6.23. The van der Waals surface area contributed by atoms with Crippen molar-refractivity contribution in [3.8, 4) is 0 Å². The molecule has 0 spiro atoms. The Bertz CT molecular complexity index is 194. The third-order valence-corrected chi connectivity index (χ3v) is 3.19. The lowest BCUT2D eigenvalue weighted by Gasteiger charge is -2.28. The van der Waals surface area contributed by atoms with Crippen LogP contribution >= 0.6 is 0 Å². The lowest BCUT2D eigenvalue weighted by molar-refractivity contribution is -0.140. The van der Waals surface area contributed by atoms with Crippen molar-refractivity contribution in [2.24, 2.45) is 0 Å². The normalized spacial score (nSPS) is 26.5. The van der Waals surface area contributed by atoms with Gasteiger partial charge in [-0.3, -0.25) is 4.79 Å². The Kier molecular flexibility index (Phi) is 5.69. The number of rotatable bonds is 6. The molecule has 1 fully saturated rings. The van der Waals surface area contributed by atoms with Crippen LogP contribution in [0.25, 0.3) is 0 Å². The Morgan fingerprint density at radius 3 is 2.80 bits per heavy atom. The number of nitrogens with one attached hydrogen (secondary N) is 1. The van der Waals surface area contributed by atoms with Gasteiger partial charge in [0.15, 0.2) is 0 Å². The highest BCUT2D eigenvalue weighted by atomic mass is 16.4. The number of hydrogen-bond donors (Lipinski definition) is 2. The van der Waals surface area contributed by atoms with Crippen LogP contribution in [-0.4, -0.2) is 23.2 Å². The van der Waals surface area contributed by atoms with Gasteiger partial charge in [-0.1, -0.05) is 32.6 Å². The Hall–Kier alpha value is -0.570. The Labute approximate surface area is 92.3 Å². The maximum absolute atomic E-state index is 10.8. The predicted molar refractivity (Wildman–Crippen MR) is 61.0 cm³/mol. The SMILES string of the molecule is CCCCCCC1CCCC(C(=O)O)N1. The predicted octanol–water partition coefficient (Wildman–Crippen LogP) is 2.55. The third kappa shape index (κ3) is 4.65. The molecule has 2 atom stereocenters. The van der Waals surface area contributed by atoms with Gasteiger partial charge in [-0.25, -0.2) is 0 Å². The van der Waals surface area contributed by atoms with Crippen LogP contribution in [-0.2, 0) is 4.79 Å². The van der Waals surface area contributed by atoms with E-state index >= 15 is 0 Å². The molecule has 1 heterocycles. The second kappa shape index (κ2) is 6.83. The van der Waals surface area contributed by atoms with Gasteiger partial charge in [-0.15, -0.1) is 0 Å². The molecule has 1 aliphatic heterocycles. The summed E-state index contributed by atoms with van der Waals surface area (Å²) in [7, 11) is 0. The van der Waals surface area contributed by atoms with Crippen LogP contribution < -0.4 is 5.32 Å². The fourth-order valence-electron chi connectivity index (χ4n) is 2.26. The molecule has 3 nitrogen and oxygen atoms in total. The standard InChI is InChI=1S/C12H23NO2/c1-2-3-4-5-7-10-8-6-9-11(13-10)12(14)15/h10-11,13H,2-9H2,1H3,(H,14,15). The average Bonchev–Trinajstić information content (AvgIpc) is 2.25. The van der Waals surface area contributed by atoms with Crippen molar-refractivity contribution >= 4 is 5.97 Å². The van der Waals surface area contributed by atoms with E-state index in [1.165, 1.54) is 25.7 Å². The summed E-state index contributed by atoms with van der Waals surface area (Å²) in [4.78, 5) is 10.8. The largest absolute Gasteiger partial charge is 0.480 e. The zero-order chi connectivity index (χ0) is 11.1. The number of aliphatic carboxylic acids is 1. The van der Waals surface area contributed by atoms with E-state index in [0.29, 0.717) is 6.04 Å². The number of hydrogen-bond acceptors (Lipinski definition) is 2. The fourth-order valence-corrected chi connectivity index (χ4v) is 2.26. The van der Waals surface area contributed by atoms with E-state index in [0.717, 1.165) is 25.7 Å². The molecule has 15 heavy (non-hydrogen) atoms. The van der Waals surface area contributed by atoms with E-state index in [9.17, 15) is 4.79 Å². The molecule has 1 saturated heterocycles. The number of carboxylic acid groups (broad SMARTS) is 1. The summed E-state index contributed by atoms with van der Waals surface area (Å²) in [5.74, 6) is -0.687. The van der Waals surface area contributed by atoms with Crippen LogP contribution in [0.4, 0.5) is 0 Å². The molecule has 0 aromatic carbocycles. The summed E-state index contributed by atoms with van der Waals surface area (Å²) in [6, 6.07) is 0.145. The molecule has 0 bridgehead atoms. The van der Waals surface area contributed by atoms with Crippen molar-refractivity contribution in [1.82, 2.24) is 5.32 Å². The zero-order valence-corrected chi connectivity index (χ0v) is 9.67. The Morgan fingerprint density at radius 1 is 1.33 bits per heavy atom. The van der Waals surface area contributed by atoms with Gasteiger partial charge in [-0.05, 0) is 25.7 Å². The van der Waals surface area contributed by atoms with Crippen LogP contribution in [0.15, 0.2) is 0 Å². The van der Waals surface area contributed by atoms with Gasteiger partial charge in [0.1, 0.15) is 6.04 Å². The highest BCUT2D eigenvalue weighted by Gasteiger charge is 2.25. The van der Waals surface area contributed by atoms with Crippen LogP contribution in [0.1, 0.15) is 58.3 Å². The first kappa shape index (κ1) is 12.5. The maximum atomic E-state index is 10.8. The van der Waals surface area contributed by atoms with E-state index in [4.69, 9.17) is 5.11 Å². The number of carbonyl (C=O) groups is 1. The van der Waals surface area contributed by atoms with Gasteiger partial charge in [0.25, 0.3) is 0 Å². The van der Waals surface area contributed by atoms with Crippen LogP contribution in [0.3, 0.4) is 0 Å². The summed E-state index contributed by atoms with van der Waals surface area (Å²) in [5.41, 5.74) is 0. The minimum Gasteiger partial charge on any atom is -0.480 e. The molecule has 0 amide bonds. The summed E-state index contributed by atoms with van der Waals surface area (Å²) >= 11 is 0. The van der Waals surface area contributed by atoms with Crippen LogP contribution in [0.2, 0.25) is 0 Å². The third-order valence-electron chi connectivity index (χ3n) is 3.19. The minimum atomic E-state index is -0.687. The topological polar surface area (TPSA) is 49.3 Å². The van der Waals surface area contributed by atoms with Gasteiger partial charge in [-0.2, -0.15) is 0 Å². The minimum absolute atomic E-state index is 0.296. The molecule has 2 N–H and O–H groups in total. The first-order valence-electron chi connectivity index (χ1n) is 6.23. The van der Waals surface area contributed by atoms with E-state index in [2.05, 4.69) is 12.2 Å². The van der Waals surface area contributed by atoms with Gasteiger partial charge in [0.05, 0.1) is 0 Å². The number of carboxylic acids is 1. The molecule has 0 radical (unpaired) electrons. The molecular formula is C12H23NO2. The quantitative estimate of drug-likeness (QED) is 0.667. The maximum Gasteiger partial charge on any atom is 0.320 e. The van der Waals surface area contributed by atoms with Gasteiger partial charge in [0.2, 0.25) is 0 Å². The Morgan fingerprint density at radius 2 is 2.13 bits per heavy atom. The Balaban J connectivity index is 2.15. The van der Waals surface area contributed by atoms with E-state index < -0.39 is 5.97 Å². The molecule has 0 aromatic heterocycles. The summed E-state index contributed by atoms with van der Waals surface area (Å²) < 4.78 is 0. The molecule has 0 aliphatic carbocycles. The van der Waals surface area contributed by atoms with Crippen molar-refractivity contribution in [3.05, 3.63) is 0 Å².